The molecule has 0 unspecified atom stereocenters. The zero-order valence-electron chi connectivity index (χ0n) is 12.6. The molecule has 1 aromatic carbocycles. The van der Waals surface area contributed by atoms with Gasteiger partial charge in [-0.05, 0) is 0 Å². The summed E-state index contributed by atoms with van der Waals surface area (Å²) in [5.41, 5.74) is 5.13. The molecule has 1 fully saturated rings. The highest BCUT2D eigenvalue weighted by Gasteiger charge is 2.28. The van der Waals surface area contributed by atoms with E-state index in [-0.39, 0.29) is 0 Å². The molecule has 2 aromatic rings. The van der Waals surface area contributed by atoms with E-state index in [1.165, 1.54) is 39.8 Å². The second kappa shape index (κ2) is 6.69. The van der Waals surface area contributed by atoms with Crippen molar-refractivity contribution in [1.82, 2.24) is 15.1 Å². The molecule has 0 saturated carbocycles. The van der Waals surface area contributed by atoms with Gasteiger partial charge in [-0.3, -0.25) is 10.00 Å². The van der Waals surface area contributed by atoms with Gasteiger partial charge in [-0.1, -0.05) is 30.3 Å². The zero-order chi connectivity index (χ0) is 14.8. The Morgan fingerprint density at radius 1 is 1.09 bits per heavy atom. The van der Waals surface area contributed by atoms with Crippen molar-refractivity contribution in [2.45, 2.75) is 19.0 Å². The smallest absolute Gasteiger partial charge is 0.0968 e. The van der Waals surface area contributed by atoms with Crippen molar-refractivity contribution < 1.29 is 0 Å². The molecule has 5 heteroatoms. The topological polar surface area (TPSA) is 31.9 Å². The lowest BCUT2D eigenvalue weighted by molar-refractivity contribution is 0.209. The molecule has 0 bridgehead atoms. The summed E-state index contributed by atoms with van der Waals surface area (Å²) in [6.45, 7) is 2.21. The first-order valence-corrected chi connectivity index (χ1v) is 10.2. The van der Waals surface area contributed by atoms with Crippen LogP contribution in [0.4, 0.5) is 0 Å². The number of benzene rings is 1. The van der Waals surface area contributed by atoms with Gasteiger partial charge in [0.25, 0.3) is 0 Å². The number of thioether (sulfide) groups is 2. The molecule has 1 saturated heterocycles. The van der Waals surface area contributed by atoms with Gasteiger partial charge in [0, 0.05) is 65.4 Å². The van der Waals surface area contributed by atoms with Gasteiger partial charge in [-0.25, -0.2) is 0 Å². The van der Waals surface area contributed by atoms with E-state index in [0.29, 0.717) is 6.04 Å². The van der Waals surface area contributed by atoms with Gasteiger partial charge in [0.2, 0.25) is 0 Å². The fraction of sp³-hybridized carbons (Fsp3) is 0.471. The molecule has 2 aliphatic rings. The van der Waals surface area contributed by atoms with Crippen LogP contribution in [0.25, 0.3) is 11.3 Å². The lowest BCUT2D eigenvalue weighted by Gasteiger charge is -2.33. The van der Waals surface area contributed by atoms with Crippen molar-refractivity contribution in [2.75, 3.05) is 29.6 Å². The Kier molecular flexibility index (Phi) is 4.46. The number of hydrogen-bond donors (Lipinski definition) is 1. The molecule has 1 N–H and O–H groups in total. The molecule has 0 aliphatic carbocycles. The van der Waals surface area contributed by atoms with Gasteiger partial charge >= 0.3 is 0 Å². The molecule has 0 atom stereocenters. The molecule has 4 rings (SSSR count). The van der Waals surface area contributed by atoms with Crippen molar-refractivity contribution in [2.24, 2.45) is 0 Å². The third kappa shape index (κ3) is 2.94. The first-order chi connectivity index (χ1) is 10.9. The Bertz CT molecular complexity index is 618. The number of aromatic amines is 1. The summed E-state index contributed by atoms with van der Waals surface area (Å²) in [6, 6.07) is 11.3. The highest BCUT2D eigenvalue weighted by molar-refractivity contribution is 8.03. The SMILES string of the molecule is c1ccc(-c2n[nH]c3c2CN(C2CSCCSC2)CC3)cc1. The van der Waals surface area contributed by atoms with Gasteiger partial charge in [0.1, 0.15) is 0 Å². The number of hydrogen-bond acceptors (Lipinski definition) is 4. The maximum atomic E-state index is 4.60. The van der Waals surface area contributed by atoms with E-state index in [1.807, 2.05) is 0 Å². The Labute approximate surface area is 140 Å². The third-order valence-corrected chi connectivity index (χ3v) is 7.00. The summed E-state index contributed by atoms with van der Waals surface area (Å²) in [7, 11) is 0. The molecule has 2 aliphatic heterocycles. The van der Waals surface area contributed by atoms with E-state index in [2.05, 4.69) is 69.0 Å². The van der Waals surface area contributed by atoms with Crippen molar-refractivity contribution >= 4 is 23.5 Å². The molecule has 0 radical (unpaired) electrons. The van der Waals surface area contributed by atoms with Crippen LogP contribution < -0.4 is 0 Å². The van der Waals surface area contributed by atoms with Crippen LogP contribution in [0, 0.1) is 0 Å². The summed E-state index contributed by atoms with van der Waals surface area (Å²) in [6.07, 6.45) is 1.10. The fourth-order valence-corrected chi connectivity index (χ4v) is 5.90. The Hall–Kier alpha value is -0.910. The van der Waals surface area contributed by atoms with Crippen LogP contribution in [0.2, 0.25) is 0 Å². The Morgan fingerprint density at radius 2 is 1.86 bits per heavy atom. The van der Waals surface area contributed by atoms with E-state index in [4.69, 9.17) is 0 Å². The molecule has 22 heavy (non-hydrogen) atoms. The average molecular weight is 332 g/mol. The monoisotopic (exact) mass is 331 g/mol. The van der Waals surface area contributed by atoms with Gasteiger partial charge in [0.15, 0.2) is 0 Å². The van der Waals surface area contributed by atoms with Crippen molar-refractivity contribution in [1.29, 1.82) is 0 Å². The van der Waals surface area contributed by atoms with E-state index >= 15 is 0 Å². The molecule has 0 spiro atoms. The lowest BCUT2D eigenvalue weighted by Crippen LogP contribution is -2.42. The van der Waals surface area contributed by atoms with Crippen LogP contribution >= 0.6 is 23.5 Å². The second-order valence-electron chi connectivity index (χ2n) is 5.92. The summed E-state index contributed by atoms with van der Waals surface area (Å²) in [5.74, 6) is 5.17. The fourth-order valence-electron chi connectivity index (χ4n) is 3.28. The number of nitrogens with one attached hydrogen (secondary N) is 1. The zero-order valence-corrected chi connectivity index (χ0v) is 14.3. The molecule has 0 amide bonds. The minimum absolute atomic E-state index is 0.712. The molecular weight excluding hydrogens is 310 g/mol. The quantitative estimate of drug-likeness (QED) is 0.915. The van der Waals surface area contributed by atoms with E-state index < -0.39 is 0 Å². The van der Waals surface area contributed by atoms with E-state index in [1.54, 1.807) is 0 Å². The number of rotatable bonds is 2. The third-order valence-electron chi connectivity index (χ3n) is 4.52. The lowest BCUT2D eigenvalue weighted by atomic mass is 10.0. The van der Waals surface area contributed by atoms with Gasteiger partial charge in [0.05, 0.1) is 5.69 Å². The predicted octanol–water partition coefficient (Wildman–Crippen LogP) is 3.28. The Morgan fingerprint density at radius 3 is 2.64 bits per heavy atom. The number of aromatic nitrogens is 2. The van der Waals surface area contributed by atoms with Crippen LogP contribution in [-0.2, 0) is 13.0 Å². The van der Waals surface area contributed by atoms with Crippen LogP contribution in [0.5, 0.6) is 0 Å². The normalized spacial score (nSPS) is 20.5. The predicted molar refractivity (Wildman–Crippen MR) is 96.6 cm³/mol. The maximum Gasteiger partial charge on any atom is 0.0968 e. The molecule has 3 nitrogen and oxygen atoms in total. The van der Waals surface area contributed by atoms with Gasteiger partial charge in [-0.2, -0.15) is 28.6 Å². The van der Waals surface area contributed by atoms with Crippen LogP contribution in [0.3, 0.4) is 0 Å². The number of H-pyrrole nitrogens is 1. The average Bonchev–Trinajstić information content (AvgIpc) is 2.80. The van der Waals surface area contributed by atoms with E-state index in [0.717, 1.165) is 25.2 Å². The first-order valence-electron chi connectivity index (χ1n) is 7.93. The highest BCUT2D eigenvalue weighted by atomic mass is 32.2. The van der Waals surface area contributed by atoms with Crippen molar-refractivity contribution in [3.8, 4) is 11.3 Å². The van der Waals surface area contributed by atoms with Gasteiger partial charge in [-0.15, -0.1) is 0 Å². The molecule has 116 valence electrons. The van der Waals surface area contributed by atoms with Crippen LogP contribution in [0.1, 0.15) is 11.3 Å². The standard InChI is InChI=1S/C17H21N3S2/c1-2-4-13(5-3-1)17-15-10-20(7-6-16(15)18-19-17)14-11-21-8-9-22-12-14/h1-5,14H,6-12H2,(H,18,19). The molecular formula is C17H21N3S2. The summed E-state index contributed by atoms with van der Waals surface area (Å²) >= 11 is 4.23. The molecule has 3 heterocycles. The number of fused-ring (bicyclic) bond motifs is 1. The van der Waals surface area contributed by atoms with Crippen LogP contribution in [-0.4, -0.2) is 50.7 Å². The number of nitrogens with zero attached hydrogens (tertiary/aromatic N) is 2. The van der Waals surface area contributed by atoms with Crippen molar-refractivity contribution in [3.05, 3.63) is 41.6 Å². The minimum atomic E-state index is 0.712. The first kappa shape index (κ1) is 14.7. The second-order valence-corrected chi connectivity index (χ2v) is 8.22. The molecule has 1 aromatic heterocycles. The maximum absolute atomic E-state index is 4.60. The van der Waals surface area contributed by atoms with Crippen molar-refractivity contribution in [3.63, 3.8) is 0 Å². The van der Waals surface area contributed by atoms with E-state index in [9.17, 15) is 0 Å². The summed E-state index contributed by atoms with van der Waals surface area (Å²) < 4.78 is 0. The van der Waals surface area contributed by atoms with Gasteiger partial charge < -0.3 is 0 Å². The Balaban J connectivity index is 1.58. The highest BCUT2D eigenvalue weighted by Crippen LogP contribution is 2.30. The minimum Gasteiger partial charge on any atom is -0.294 e. The van der Waals surface area contributed by atoms with Crippen LogP contribution in [0.15, 0.2) is 30.3 Å². The largest absolute Gasteiger partial charge is 0.294 e. The summed E-state index contributed by atoms with van der Waals surface area (Å²) in [4.78, 5) is 2.68. The summed E-state index contributed by atoms with van der Waals surface area (Å²) in [5, 5.41) is 7.88.